The Morgan fingerprint density at radius 3 is 2.67 bits per heavy atom. The van der Waals surface area contributed by atoms with E-state index in [9.17, 15) is 4.79 Å². The molecule has 24 heavy (non-hydrogen) atoms. The van der Waals surface area contributed by atoms with E-state index in [1.54, 1.807) is 11.6 Å². The van der Waals surface area contributed by atoms with E-state index in [1.807, 2.05) is 29.6 Å². The van der Waals surface area contributed by atoms with E-state index >= 15 is 0 Å². The van der Waals surface area contributed by atoms with E-state index < -0.39 is 0 Å². The number of thioether (sulfide) groups is 2. The topological polar surface area (TPSA) is 47.4 Å². The fourth-order valence-corrected chi connectivity index (χ4v) is 6.46. The molecule has 2 fully saturated rings. The molecule has 0 bridgehead atoms. The van der Waals surface area contributed by atoms with Crippen molar-refractivity contribution >= 4 is 56.3 Å². The Morgan fingerprint density at radius 2 is 1.96 bits per heavy atom. The van der Waals surface area contributed by atoms with Crippen LogP contribution in [-0.2, 0) is 11.8 Å². The fraction of sp³-hybridized carbons (Fsp3) is 0.500. The molecule has 8 heteroatoms. The lowest BCUT2D eigenvalue weighted by Crippen LogP contribution is -2.40. The number of rotatable bonds is 2. The molecule has 0 amide bonds. The van der Waals surface area contributed by atoms with Gasteiger partial charge >= 0.3 is 0 Å². The highest BCUT2D eigenvalue weighted by atomic mass is 79.9. The van der Waals surface area contributed by atoms with E-state index in [0.717, 1.165) is 34.6 Å². The maximum Gasteiger partial charge on any atom is 0.262 e. The molecule has 2 aliphatic heterocycles. The van der Waals surface area contributed by atoms with Gasteiger partial charge in [-0.15, -0.1) is 23.5 Å². The second-order valence-corrected chi connectivity index (χ2v) is 9.43. The number of morpholine rings is 1. The largest absolute Gasteiger partial charge is 0.378 e. The van der Waals surface area contributed by atoms with Gasteiger partial charge in [-0.05, 0) is 33.6 Å². The molecule has 0 atom stereocenters. The van der Waals surface area contributed by atoms with E-state index in [1.165, 1.54) is 5.56 Å². The Bertz CT molecular complexity index is 830. The quantitative estimate of drug-likeness (QED) is 0.733. The van der Waals surface area contributed by atoms with Crippen molar-refractivity contribution in [1.82, 2.24) is 9.55 Å². The Kier molecular flexibility index (Phi) is 4.81. The lowest BCUT2D eigenvalue weighted by atomic mass is 10.1. The number of halogens is 1. The summed E-state index contributed by atoms with van der Waals surface area (Å²) in [7, 11) is 1.80. The van der Waals surface area contributed by atoms with Crippen LogP contribution < -0.4 is 10.5 Å². The third-order valence-electron chi connectivity index (χ3n) is 4.32. The maximum atomic E-state index is 12.9. The van der Waals surface area contributed by atoms with Crippen molar-refractivity contribution < 1.29 is 4.74 Å². The monoisotopic (exact) mass is 427 g/mol. The zero-order valence-electron chi connectivity index (χ0n) is 13.3. The molecule has 0 radical (unpaired) electrons. The standard InChI is InChI=1S/C16H18BrN3O2S2/c1-19-14(21)11-8-10(15-23-6-7-24-15)9-12(17)13(11)18-16(19)20-2-4-22-5-3-20/h8-9,15H,2-7H2,1H3. The summed E-state index contributed by atoms with van der Waals surface area (Å²) in [5, 5.41) is 0.687. The third kappa shape index (κ3) is 2.98. The number of hydrogen-bond acceptors (Lipinski definition) is 6. The molecule has 0 saturated carbocycles. The molecular formula is C16H18BrN3O2S2. The lowest BCUT2D eigenvalue weighted by molar-refractivity contribution is 0.121. The van der Waals surface area contributed by atoms with Gasteiger partial charge in [0.05, 0.1) is 28.7 Å². The molecule has 3 heterocycles. The Hall–Kier alpha value is -0.700. The van der Waals surface area contributed by atoms with Crippen LogP contribution in [0.3, 0.4) is 0 Å². The zero-order chi connectivity index (χ0) is 16.7. The number of nitrogens with zero attached hydrogens (tertiary/aromatic N) is 3. The van der Waals surface area contributed by atoms with Gasteiger partial charge in [0, 0.05) is 36.1 Å². The Labute approximate surface area is 157 Å². The molecule has 1 aromatic carbocycles. The minimum atomic E-state index is 0.0111. The van der Waals surface area contributed by atoms with Crippen LogP contribution >= 0.6 is 39.5 Å². The van der Waals surface area contributed by atoms with Gasteiger partial charge in [-0.25, -0.2) is 4.98 Å². The molecule has 2 aromatic rings. The number of ether oxygens (including phenoxy) is 1. The van der Waals surface area contributed by atoms with Crippen molar-refractivity contribution in [3.05, 3.63) is 32.5 Å². The van der Waals surface area contributed by atoms with Crippen LogP contribution in [0.1, 0.15) is 10.1 Å². The number of benzene rings is 1. The first-order chi connectivity index (χ1) is 11.6. The Balaban J connectivity index is 1.85. The summed E-state index contributed by atoms with van der Waals surface area (Å²) in [5.41, 5.74) is 1.95. The van der Waals surface area contributed by atoms with Gasteiger partial charge in [-0.3, -0.25) is 9.36 Å². The fourth-order valence-electron chi connectivity index (χ4n) is 3.08. The molecular weight excluding hydrogens is 410 g/mol. The van der Waals surface area contributed by atoms with E-state index in [0.29, 0.717) is 29.1 Å². The first kappa shape index (κ1) is 16.8. The molecule has 5 nitrogen and oxygen atoms in total. The average molecular weight is 428 g/mol. The molecule has 1 aromatic heterocycles. The minimum absolute atomic E-state index is 0.0111. The highest BCUT2D eigenvalue weighted by Gasteiger charge is 2.22. The van der Waals surface area contributed by atoms with Crippen molar-refractivity contribution in [2.45, 2.75) is 4.58 Å². The SMILES string of the molecule is Cn1c(N2CCOCC2)nc2c(Br)cc(C3SCCS3)cc2c1=O. The van der Waals surface area contributed by atoms with Crippen LogP contribution in [0.2, 0.25) is 0 Å². The first-order valence-electron chi connectivity index (χ1n) is 7.91. The van der Waals surface area contributed by atoms with Crippen LogP contribution in [0.4, 0.5) is 5.95 Å². The predicted molar refractivity (Wildman–Crippen MR) is 105 cm³/mol. The van der Waals surface area contributed by atoms with E-state index in [-0.39, 0.29) is 5.56 Å². The summed E-state index contributed by atoms with van der Waals surface area (Å²) in [5.74, 6) is 3.04. The van der Waals surface area contributed by atoms with E-state index in [2.05, 4.69) is 26.9 Å². The van der Waals surface area contributed by atoms with Crippen LogP contribution in [0.25, 0.3) is 10.9 Å². The van der Waals surface area contributed by atoms with Gasteiger partial charge in [0.1, 0.15) is 0 Å². The number of hydrogen-bond donors (Lipinski definition) is 0. The summed E-state index contributed by atoms with van der Waals surface area (Å²) in [6.07, 6.45) is 0. The summed E-state index contributed by atoms with van der Waals surface area (Å²) in [6, 6.07) is 4.14. The normalized spacial score (nSPS) is 19.3. The first-order valence-corrected chi connectivity index (χ1v) is 10.8. The molecule has 0 spiro atoms. The average Bonchev–Trinajstić information content (AvgIpc) is 3.13. The molecule has 128 valence electrons. The Morgan fingerprint density at radius 1 is 1.25 bits per heavy atom. The highest BCUT2D eigenvalue weighted by molar-refractivity contribution is 9.10. The molecule has 2 saturated heterocycles. The van der Waals surface area contributed by atoms with Gasteiger partial charge in [-0.1, -0.05) is 0 Å². The summed E-state index contributed by atoms with van der Waals surface area (Å²) in [6.45, 7) is 2.86. The summed E-state index contributed by atoms with van der Waals surface area (Å²) in [4.78, 5) is 19.9. The summed E-state index contributed by atoms with van der Waals surface area (Å²) < 4.78 is 8.38. The molecule has 2 aliphatic rings. The van der Waals surface area contributed by atoms with Gasteiger partial charge in [0.15, 0.2) is 0 Å². The van der Waals surface area contributed by atoms with Crippen LogP contribution in [-0.4, -0.2) is 47.4 Å². The van der Waals surface area contributed by atoms with Gasteiger partial charge in [0.2, 0.25) is 5.95 Å². The van der Waals surface area contributed by atoms with Crippen molar-refractivity contribution in [2.75, 3.05) is 42.7 Å². The molecule has 0 N–H and O–H groups in total. The van der Waals surface area contributed by atoms with Crippen LogP contribution in [0, 0.1) is 0 Å². The lowest BCUT2D eigenvalue weighted by Gasteiger charge is -2.29. The van der Waals surface area contributed by atoms with Crippen LogP contribution in [0.15, 0.2) is 21.4 Å². The van der Waals surface area contributed by atoms with Crippen molar-refractivity contribution in [3.63, 3.8) is 0 Å². The second kappa shape index (κ2) is 6.90. The predicted octanol–water partition coefficient (Wildman–Crippen LogP) is 3.01. The van der Waals surface area contributed by atoms with Gasteiger partial charge in [-0.2, -0.15) is 0 Å². The summed E-state index contributed by atoms with van der Waals surface area (Å²) >= 11 is 7.52. The minimum Gasteiger partial charge on any atom is -0.378 e. The third-order valence-corrected chi connectivity index (χ3v) is 8.03. The van der Waals surface area contributed by atoms with E-state index in [4.69, 9.17) is 9.72 Å². The smallest absolute Gasteiger partial charge is 0.262 e. The second-order valence-electron chi connectivity index (χ2n) is 5.85. The van der Waals surface area contributed by atoms with Crippen LogP contribution in [0.5, 0.6) is 0 Å². The number of anilines is 1. The number of aromatic nitrogens is 2. The van der Waals surface area contributed by atoms with Crippen molar-refractivity contribution in [3.8, 4) is 0 Å². The van der Waals surface area contributed by atoms with Gasteiger partial charge < -0.3 is 9.64 Å². The number of fused-ring (bicyclic) bond motifs is 1. The van der Waals surface area contributed by atoms with Crippen molar-refractivity contribution in [2.24, 2.45) is 7.05 Å². The van der Waals surface area contributed by atoms with Gasteiger partial charge in [0.25, 0.3) is 5.56 Å². The van der Waals surface area contributed by atoms with Crippen molar-refractivity contribution in [1.29, 1.82) is 0 Å². The maximum absolute atomic E-state index is 12.9. The highest BCUT2D eigenvalue weighted by Crippen LogP contribution is 2.46. The molecule has 0 unspecified atom stereocenters. The zero-order valence-corrected chi connectivity index (χ0v) is 16.5. The molecule has 4 rings (SSSR count). The molecule has 0 aliphatic carbocycles.